The van der Waals surface area contributed by atoms with Gasteiger partial charge in [-0.05, 0) is 47.7 Å². The lowest BCUT2D eigenvalue weighted by molar-refractivity contribution is -0.122. The van der Waals surface area contributed by atoms with E-state index in [2.05, 4.69) is 5.32 Å². The summed E-state index contributed by atoms with van der Waals surface area (Å²) in [6.45, 7) is 0.0638. The summed E-state index contributed by atoms with van der Waals surface area (Å²) < 4.78 is 5.10. The molecule has 2 aromatic carbocycles. The van der Waals surface area contributed by atoms with Crippen LogP contribution in [0, 0.1) is 0 Å². The first kappa shape index (κ1) is 17.4. The highest BCUT2D eigenvalue weighted by Crippen LogP contribution is 2.32. The Hall–Kier alpha value is -2.44. The van der Waals surface area contributed by atoms with Crippen LogP contribution < -0.4 is 10.1 Å². The molecule has 0 unspecified atom stereocenters. The number of anilines is 1. The van der Waals surface area contributed by atoms with Gasteiger partial charge in [-0.2, -0.15) is 0 Å². The maximum Gasteiger partial charge on any atom is 0.295 e. The Labute approximate surface area is 154 Å². The van der Waals surface area contributed by atoms with E-state index in [1.807, 2.05) is 24.3 Å². The normalized spacial score (nSPS) is 15.8. The summed E-state index contributed by atoms with van der Waals surface area (Å²) in [4.78, 5) is 26.1. The van der Waals surface area contributed by atoms with Crippen LogP contribution in [-0.4, -0.2) is 29.8 Å². The van der Waals surface area contributed by atoms with Crippen molar-refractivity contribution in [2.75, 3.05) is 19.1 Å². The topological polar surface area (TPSA) is 58.6 Å². The number of methoxy groups -OCH3 is 1. The molecule has 3 rings (SSSR count). The molecule has 7 heteroatoms. The maximum absolute atomic E-state index is 12.5. The maximum atomic E-state index is 12.5. The van der Waals surface area contributed by atoms with Crippen LogP contribution in [0.2, 0.25) is 5.02 Å². The minimum atomic E-state index is -0.328. The van der Waals surface area contributed by atoms with Crippen molar-refractivity contribution in [2.24, 2.45) is 0 Å². The molecular weight excluding hydrogens is 360 g/mol. The molecule has 1 heterocycles. The number of imide groups is 1. The second-order valence-corrected chi connectivity index (χ2v) is 6.60. The van der Waals surface area contributed by atoms with Crippen LogP contribution in [0.3, 0.4) is 0 Å². The van der Waals surface area contributed by atoms with E-state index in [-0.39, 0.29) is 17.8 Å². The third-order valence-electron chi connectivity index (χ3n) is 3.59. The molecule has 1 aliphatic rings. The first-order valence-corrected chi connectivity index (χ1v) is 8.66. The molecule has 0 spiro atoms. The van der Waals surface area contributed by atoms with E-state index in [0.717, 1.165) is 28.0 Å². The fourth-order valence-electron chi connectivity index (χ4n) is 2.26. The Balaban J connectivity index is 1.71. The summed E-state index contributed by atoms with van der Waals surface area (Å²) in [7, 11) is 1.59. The third kappa shape index (κ3) is 3.97. The number of thioether (sulfide) groups is 1. The van der Waals surface area contributed by atoms with Gasteiger partial charge in [0.2, 0.25) is 0 Å². The van der Waals surface area contributed by atoms with Gasteiger partial charge in [0, 0.05) is 0 Å². The Morgan fingerprint density at radius 3 is 2.56 bits per heavy atom. The van der Waals surface area contributed by atoms with Crippen LogP contribution in [0.25, 0.3) is 6.08 Å². The zero-order valence-corrected chi connectivity index (χ0v) is 14.9. The van der Waals surface area contributed by atoms with Gasteiger partial charge in [-0.3, -0.25) is 14.5 Å². The third-order valence-corrected chi connectivity index (χ3v) is 4.83. The highest BCUT2D eigenvalue weighted by molar-refractivity contribution is 8.18. The first-order valence-electron chi connectivity index (χ1n) is 7.46. The van der Waals surface area contributed by atoms with E-state index in [0.29, 0.717) is 15.6 Å². The van der Waals surface area contributed by atoms with E-state index in [1.54, 1.807) is 37.5 Å². The lowest BCUT2D eigenvalue weighted by atomic mass is 10.2. The molecule has 2 amide bonds. The predicted octanol–water partition coefficient (Wildman–Crippen LogP) is 4.45. The molecule has 1 fully saturated rings. The number of nitrogens with zero attached hydrogens (tertiary/aromatic N) is 1. The number of carbonyl (C=O) groups is 2. The monoisotopic (exact) mass is 374 g/mol. The SMILES string of the molecule is COc1ccc(/C=C2\SC(=O)N(CNc3ccccc3Cl)C2=O)cc1. The molecule has 5 nitrogen and oxygen atoms in total. The lowest BCUT2D eigenvalue weighted by Gasteiger charge is -2.15. The van der Waals surface area contributed by atoms with E-state index in [9.17, 15) is 9.59 Å². The second kappa shape index (κ2) is 7.63. The molecule has 25 heavy (non-hydrogen) atoms. The zero-order valence-electron chi connectivity index (χ0n) is 13.4. The number of rotatable bonds is 5. The van der Waals surface area contributed by atoms with Crippen molar-refractivity contribution in [3.8, 4) is 5.75 Å². The molecule has 128 valence electrons. The van der Waals surface area contributed by atoms with Crippen molar-refractivity contribution < 1.29 is 14.3 Å². The highest BCUT2D eigenvalue weighted by atomic mass is 35.5. The number of halogens is 1. The molecule has 0 radical (unpaired) electrons. The molecule has 0 aromatic heterocycles. The van der Waals surface area contributed by atoms with Crippen molar-refractivity contribution >= 4 is 46.3 Å². The lowest BCUT2D eigenvalue weighted by Crippen LogP contribution is -2.33. The number of benzene rings is 2. The Kier molecular flexibility index (Phi) is 5.31. The van der Waals surface area contributed by atoms with E-state index < -0.39 is 0 Å². The molecular formula is C18H15ClN2O3S. The molecule has 1 aliphatic heterocycles. The van der Waals surface area contributed by atoms with Crippen molar-refractivity contribution in [1.82, 2.24) is 4.90 Å². The van der Waals surface area contributed by atoms with Gasteiger partial charge in [0.15, 0.2) is 0 Å². The van der Waals surface area contributed by atoms with Crippen molar-refractivity contribution in [3.05, 3.63) is 64.0 Å². The average molecular weight is 375 g/mol. The standard InChI is InChI=1S/C18H15ClN2O3S/c1-24-13-8-6-12(7-9-13)10-16-17(22)21(18(23)25-16)11-20-15-5-3-2-4-14(15)19/h2-10,20H,11H2,1H3/b16-10-. The summed E-state index contributed by atoms with van der Waals surface area (Å²) in [6, 6.07) is 14.4. The van der Waals surface area contributed by atoms with Crippen molar-refractivity contribution in [2.45, 2.75) is 0 Å². The fraction of sp³-hybridized carbons (Fsp3) is 0.111. The smallest absolute Gasteiger partial charge is 0.295 e. The number of hydrogen-bond donors (Lipinski definition) is 1. The minimum absolute atomic E-state index is 0.0638. The number of ether oxygens (including phenoxy) is 1. The van der Waals surface area contributed by atoms with Crippen LogP contribution in [0.15, 0.2) is 53.4 Å². The molecule has 0 bridgehead atoms. The fourth-order valence-corrected chi connectivity index (χ4v) is 3.30. The van der Waals surface area contributed by atoms with Crippen LogP contribution in [0.4, 0.5) is 10.5 Å². The van der Waals surface area contributed by atoms with Gasteiger partial charge < -0.3 is 10.1 Å². The summed E-state index contributed by atoms with van der Waals surface area (Å²) in [5.41, 5.74) is 1.49. The molecule has 2 aromatic rings. The van der Waals surface area contributed by atoms with Gasteiger partial charge in [0.05, 0.1) is 29.4 Å². The van der Waals surface area contributed by atoms with Gasteiger partial charge >= 0.3 is 0 Å². The summed E-state index contributed by atoms with van der Waals surface area (Å²) in [6.07, 6.45) is 1.69. The van der Waals surface area contributed by atoms with Crippen LogP contribution in [0.5, 0.6) is 5.75 Å². The molecule has 0 aliphatic carbocycles. The highest BCUT2D eigenvalue weighted by Gasteiger charge is 2.34. The summed E-state index contributed by atoms with van der Waals surface area (Å²) in [5.74, 6) is 0.402. The average Bonchev–Trinajstić information content (AvgIpc) is 2.88. The van der Waals surface area contributed by atoms with E-state index in [4.69, 9.17) is 16.3 Å². The Bertz CT molecular complexity index is 836. The van der Waals surface area contributed by atoms with Crippen molar-refractivity contribution in [3.63, 3.8) is 0 Å². The summed E-state index contributed by atoms with van der Waals surface area (Å²) in [5, 5.41) is 3.23. The van der Waals surface area contributed by atoms with Gasteiger partial charge in [-0.25, -0.2) is 0 Å². The quantitative estimate of drug-likeness (QED) is 0.783. The molecule has 1 saturated heterocycles. The number of hydrogen-bond acceptors (Lipinski definition) is 5. The van der Waals surface area contributed by atoms with E-state index in [1.165, 1.54) is 0 Å². The largest absolute Gasteiger partial charge is 0.497 e. The Morgan fingerprint density at radius 1 is 1.16 bits per heavy atom. The Morgan fingerprint density at radius 2 is 1.88 bits per heavy atom. The molecule has 1 N–H and O–H groups in total. The first-order chi connectivity index (χ1) is 12.1. The zero-order chi connectivity index (χ0) is 17.8. The number of amides is 2. The number of carbonyl (C=O) groups excluding carboxylic acids is 2. The number of para-hydroxylation sites is 1. The van der Waals surface area contributed by atoms with Crippen LogP contribution in [-0.2, 0) is 4.79 Å². The number of nitrogens with one attached hydrogen (secondary N) is 1. The van der Waals surface area contributed by atoms with Gasteiger partial charge in [-0.15, -0.1) is 0 Å². The molecule has 0 saturated carbocycles. The minimum Gasteiger partial charge on any atom is -0.497 e. The van der Waals surface area contributed by atoms with Gasteiger partial charge in [0.25, 0.3) is 11.1 Å². The van der Waals surface area contributed by atoms with Gasteiger partial charge in [0.1, 0.15) is 5.75 Å². The predicted molar refractivity (Wildman–Crippen MR) is 101 cm³/mol. The van der Waals surface area contributed by atoms with Gasteiger partial charge in [-0.1, -0.05) is 35.9 Å². The van der Waals surface area contributed by atoms with Crippen LogP contribution in [0.1, 0.15) is 5.56 Å². The molecule has 0 atom stereocenters. The summed E-state index contributed by atoms with van der Waals surface area (Å²) >= 11 is 6.99. The van der Waals surface area contributed by atoms with Crippen molar-refractivity contribution in [1.29, 1.82) is 0 Å². The van der Waals surface area contributed by atoms with Crippen LogP contribution >= 0.6 is 23.4 Å². The van der Waals surface area contributed by atoms with E-state index >= 15 is 0 Å². The second-order valence-electron chi connectivity index (χ2n) is 5.20.